The smallest absolute Gasteiger partial charge is 0.410 e. The zero-order valence-electron chi connectivity index (χ0n) is 20.3. The van der Waals surface area contributed by atoms with Crippen LogP contribution < -0.4 is 14.8 Å². The quantitative estimate of drug-likeness (QED) is 0.742. The van der Waals surface area contributed by atoms with Gasteiger partial charge in [0.25, 0.3) is 0 Å². The summed E-state index contributed by atoms with van der Waals surface area (Å²) in [6, 6.07) is 11.3. The van der Waals surface area contributed by atoms with E-state index in [9.17, 15) is 4.79 Å². The molecule has 0 bridgehead atoms. The summed E-state index contributed by atoms with van der Waals surface area (Å²) < 4.78 is 17.1. The molecule has 0 aliphatic carbocycles. The highest BCUT2D eigenvalue weighted by Gasteiger charge is 2.40. The van der Waals surface area contributed by atoms with Crippen LogP contribution in [0, 0.1) is 0 Å². The molecule has 8 nitrogen and oxygen atoms in total. The first-order valence-electron chi connectivity index (χ1n) is 11.4. The van der Waals surface area contributed by atoms with Crippen LogP contribution in [0.1, 0.15) is 47.5 Å². The van der Waals surface area contributed by atoms with Gasteiger partial charge in [-0.05, 0) is 53.3 Å². The van der Waals surface area contributed by atoms with Crippen LogP contribution in [0.2, 0.25) is 0 Å². The molecule has 0 aromatic carbocycles. The first kappa shape index (κ1) is 24.8. The molecular formula is C25H36N4O4. The van der Waals surface area contributed by atoms with Crippen LogP contribution in [-0.4, -0.2) is 63.9 Å². The lowest BCUT2D eigenvalue weighted by molar-refractivity contribution is 0.0224. The second-order valence-corrected chi connectivity index (χ2v) is 10.0. The Morgan fingerprint density at radius 3 is 2.06 bits per heavy atom. The van der Waals surface area contributed by atoms with Crippen LogP contribution in [0.15, 0.2) is 48.8 Å². The van der Waals surface area contributed by atoms with Gasteiger partial charge in [0.15, 0.2) is 0 Å². The second kappa shape index (κ2) is 10.4. The molecule has 2 aliphatic heterocycles. The van der Waals surface area contributed by atoms with E-state index < -0.39 is 11.2 Å². The fourth-order valence-corrected chi connectivity index (χ4v) is 3.70. The largest absolute Gasteiger partial charge is 0.470 e. The fraction of sp³-hybridized carbons (Fsp3) is 0.560. The third kappa shape index (κ3) is 7.89. The lowest BCUT2D eigenvalue weighted by Crippen LogP contribution is -2.40. The molecule has 2 aliphatic rings. The fourth-order valence-electron chi connectivity index (χ4n) is 3.70. The highest BCUT2D eigenvalue weighted by Crippen LogP contribution is 2.27. The second-order valence-electron chi connectivity index (χ2n) is 10.0. The van der Waals surface area contributed by atoms with Gasteiger partial charge in [0.2, 0.25) is 11.8 Å². The molecule has 1 N–H and O–H groups in total. The third-order valence-electron chi connectivity index (χ3n) is 5.39. The lowest BCUT2D eigenvalue weighted by atomic mass is 10.1. The maximum atomic E-state index is 12.0. The molecule has 180 valence electrons. The number of ether oxygens (including phenoxy) is 3. The van der Waals surface area contributed by atoms with Crippen molar-refractivity contribution in [2.24, 2.45) is 0 Å². The standard InChI is InChI=1S/C15H22N2O3.C10H14N2O/c1-14(2,3)20-13(18)17-10-8-15(4,11-17)19-12-7-5-6-9-16-12;1-10(5-7-11-8-10)13-9-4-2-3-6-12-9/h5-7,9H,8,10-11H2,1-4H3;2-4,6,11H,5,7-8H2,1H3. The highest BCUT2D eigenvalue weighted by molar-refractivity contribution is 5.68. The van der Waals surface area contributed by atoms with Crippen LogP contribution >= 0.6 is 0 Å². The molecule has 1 amide bonds. The zero-order chi connectivity index (χ0) is 24.0. The Kier molecular flexibility index (Phi) is 7.79. The highest BCUT2D eigenvalue weighted by atomic mass is 16.6. The van der Waals surface area contributed by atoms with E-state index in [2.05, 4.69) is 22.2 Å². The summed E-state index contributed by atoms with van der Waals surface area (Å²) in [6.07, 6.45) is 4.97. The van der Waals surface area contributed by atoms with Gasteiger partial charge in [-0.15, -0.1) is 0 Å². The Bertz CT molecular complexity index is 882. The number of likely N-dealkylation sites (tertiary alicyclic amines) is 1. The number of carbonyl (C=O) groups excluding carboxylic acids is 1. The van der Waals surface area contributed by atoms with Gasteiger partial charge < -0.3 is 24.4 Å². The summed E-state index contributed by atoms with van der Waals surface area (Å²) in [5.74, 6) is 1.30. The maximum absolute atomic E-state index is 12.0. The average molecular weight is 457 g/mol. The Morgan fingerprint density at radius 1 is 0.970 bits per heavy atom. The molecule has 8 heteroatoms. The van der Waals surface area contributed by atoms with E-state index in [4.69, 9.17) is 14.2 Å². The third-order valence-corrected chi connectivity index (χ3v) is 5.39. The summed E-state index contributed by atoms with van der Waals surface area (Å²) in [4.78, 5) is 22.0. The van der Waals surface area contributed by atoms with Gasteiger partial charge in [-0.25, -0.2) is 14.8 Å². The predicted molar refractivity (Wildman–Crippen MR) is 126 cm³/mol. The van der Waals surface area contributed by atoms with Crippen LogP contribution in [0.5, 0.6) is 11.8 Å². The van der Waals surface area contributed by atoms with E-state index in [0.29, 0.717) is 24.8 Å². The van der Waals surface area contributed by atoms with Crippen molar-refractivity contribution in [3.05, 3.63) is 48.8 Å². The van der Waals surface area contributed by atoms with Crippen molar-refractivity contribution in [2.75, 3.05) is 26.2 Å². The maximum Gasteiger partial charge on any atom is 0.410 e. The molecular weight excluding hydrogens is 420 g/mol. The minimum absolute atomic E-state index is 0.0750. The van der Waals surface area contributed by atoms with E-state index in [1.165, 1.54) is 0 Å². The number of pyridine rings is 2. The summed E-state index contributed by atoms with van der Waals surface area (Å²) in [5.41, 5.74) is -0.961. The number of carbonyl (C=O) groups is 1. The van der Waals surface area contributed by atoms with Gasteiger partial charge in [0, 0.05) is 50.5 Å². The van der Waals surface area contributed by atoms with Gasteiger partial charge in [0.1, 0.15) is 16.8 Å². The molecule has 2 fully saturated rings. The molecule has 0 saturated carbocycles. The zero-order valence-corrected chi connectivity index (χ0v) is 20.3. The molecule has 2 aromatic rings. The Hall–Kier alpha value is -2.87. The van der Waals surface area contributed by atoms with Crippen molar-refractivity contribution in [2.45, 2.75) is 64.3 Å². The number of rotatable bonds is 4. The van der Waals surface area contributed by atoms with E-state index in [0.717, 1.165) is 25.9 Å². The van der Waals surface area contributed by atoms with E-state index >= 15 is 0 Å². The molecule has 4 heterocycles. The Labute approximate surface area is 196 Å². The van der Waals surface area contributed by atoms with E-state index in [-0.39, 0.29) is 11.7 Å². The van der Waals surface area contributed by atoms with Crippen LogP contribution in [0.3, 0.4) is 0 Å². The summed E-state index contributed by atoms with van der Waals surface area (Å²) >= 11 is 0. The molecule has 33 heavy (non-hydrogen) atoms. The van der Waals surface area contributed by atoms with Crippen molar-refractivity contribution in [1.82, 2.24) is 20.2 Å². The number of hydrogen-bond acceptors (Lipinski definition) is 7. The molecule has 4 rings (SSSR count). The molecule has 2 saturated heterocycles. The normalized spacial score (nSPS) is 24.6. The molecule has 2 unspecified atom stereocenters. The van der Waals surface area contributed by atoms with Gasteiger partial charge >= 0.3 is 6.09 Å². The first-order chi connectivity index (χ1) is 15.6. The van der Waals surface area contributed by atoms with Gasteiger partial charge in [-0.1, -0.05) is 12.1 Å². The molecule has 2 aromatic heterocycles. The summed E-state index contributed by atoms with van der Waals surface area (Å²) in [6.45, 7) is 12.8. The van der Waals surface area contributed by atoms with Crippen LogP contribution in [0.25, 0.3) is 0 Å². The number of nitrogens with one attached hydrogen (secondary N) is 1. The van der Waals surface area contributed by atoms with Gasteiger partial charge in [0.05, 0.1) is 6.54 Å². The van der Waals surface area contributed by atoms with E-state index in [1.54, 1.807) is 17.3 Å². The van der Waals surface area contributed by atoms with Crippen molar-refractivity contribution in [3.8, 4) is 11.8 Å². The van der Waals surface area contributed by atoms with Crippen molar-refractivity contribution >= 4 is 6.09 Å². The van der Waals surface area contributed by atoms with E-state index in [1.807, 2.05) is 64.1 Å². The van der Waals surface area contributed by atoms with Crippen molar-refractivity contribution in [1.29, 1.82) is 0 Å². The van der Waals surface area contributed by atoms with Gasteiger partial charge in [-0.3, -0.25) is 0 Å². The number of nitrogens with zero attached hydrogens (tertiary/aromatic N) is 3. The van der Waals surface area contributed by atoms with Crippen LogP contribution in [-0.2, 0) is 4.74 Å². The number of amides is 1. The molecule has 0 spiro atoms. The minimum atomic E-state index is -0.474. The molecule has 0 radical (unpaired) electrons. The van der Waals surface area contributed by atoms with Crippen molar-refractivity contribution in [3.63, 3.8) is 0 Å². The first-order valence-corrected chi connectivity index (χ1v) is 11.4. The molecule has 2 atom stereocenters. The minimum Gasteiger partial charge on any atom is -0.470 e. The number of hydrogen-bond donors (Lipinski definition) is 1. The van der Waals surface area contributed by atoms with Crippen LogP contribution in [0.4, 0.5) is 4.79 Å². The Morgan fingerprint density at radius 2 is 1.58 bits per heavy atom. The summed E-state index contributed by atoms with van der Waals surface area (Å²) in [7, 11) is 0. The average Bonchev–Trinajstić information content (AvgIpc) is 3.35. The number of aromatic nitrogens is 2. The Balaban J connectivity index is 0.000000203. The summed E-state index contributed by atoms with van der Waals surface area (Å²) in [5, 5.41) is 3.28. The van der Waals surface area contributed by atoms with Crippen molar-refractivity contribution < 1.29 is 19.0 Å². The predicted octanol–water partition coefficient (Wildman–Crippen LogP) is 4.07. The van der Waals surface area contributed by atoms with Gasteiger partial charge in [-0.2, -0.15) is 0 Å². The SMILES string of the molecule is CC(C)(C)OC(=O)N1CCC(C)(Oc2ccccn2)C1.CC1(Oc2ccccn2)CCNC1. The topological polar surface area (TPSA) is 85.8 Å². The lowest BCUT2D eigenvalue weighted by Gasteiger charge is -2.27. The monoisotopic (exact) mass is 456 g/mol.